The average Bonchev–Trinajstić information content (AvgIpc) is 3.20. The predicted molar refractivity (Wildman–Crippen MR) is 101 cm³/mol. The first kappa shape index (κ1) is 16.7. The molecule has 6 heteroatoms. The molecule has 0 amide bonds. The van der Waals surface area contributed by atoms with Gasteiger partial charge in [-0.2, -0.15) is 0 Å². The summed E-state index contributed by atoms with van der Waals surface area (Å²) in [4.78, 5) is 25.0. The molecule has 128 valence electrons. The van der Waals surface area contributed by atoms with Crippen molar-refractivity contribution in [2.45, 2.75) is 4.90 Å². The van der Waals surface area contributed by atoms with Crippen LogP contribution >= 0.6 is 23.4 Å². The van der Waals surface area contributed by atoms with Gasteiger partial charge in [0, 0.05) is 16.0 Å². The van der Waals surface area contributed by atoms with Crippen molar-refractivity contribution in [3.05, 3.63) is 81.4 Å². The minimum atomic E-state index is -1.08. The Bertz CT molecular complexity index is 1080. The molecule has 0 aliphatic carbocycles. The number of hydrogen-bond acceptors (Lipinski definition) is 4. The van der Waals surface area contributed by atoms with Crippen molar-refractivity contribution in [1.82, 2.24) is 0 Å². The highest BCUT2D eigenvalue weighted by Gasteiger charge is 2.25. The normalized spacial score (nSPS) is 14.7. The molecular formula is C20H11ClO4S. The fourth-order valence-electron chi connectivity index (χ4n) is 2.69. The number of benzene rings is 2. The number of allylic oxidation sites excluding steroid dienone is 1. The van der Waals surface area contributed by atoms with Crippen LogP contribution in [0.1, 0.15) is 26.5 Å². The van der Waals surface area contributed by atoms with Gasteiger partial charge in [-0.1, -0.05) is 41.6 Å². The largest absolute Gasteiger partial charge is 0.478 e. The molecule has 4 nitrogen and oxygen atoms in total. The van der Waals surface area contributed by atoms with Gasteiger partial charge in [0.05, 0.1) is 15.5 Å². The van der Waals surface area contributed by atoms with Crippen molar-refractivity contribution in [2.24, 2.45) is 0 Å². The van der Waals surface area contributed by atoms with Crippen LogP contribution in [0.3, 0.4) is 0 Å². The van der Waals surface area contributed by atoms with Crippen LogP contribution in [0.4, 0.5) is 0 Å². The number of carbonyl (C=O) groups is 2. The Balaban J connectivity index is 1.63. The highest BCUT2D eigenvalue weighted by atomic mass is 35.5. The van der Waals surface area contributed by atoms with E-state index in [1.54, 1.807) is 30.3 Å². The van der Waals surface area contributed by atoms with E-state index in [1.807, 2.05) is 24.3 Å². The quantitative estimate of drug-likeness (QED) is 0.595. The molecule has 2 heterocycles. The Kier molecular flexibility index (Phi) is 4.18. The highest BCUT2D eigenvalue weighted by Crippen LogP contribution is 2.41. The van der Waals surface area contributed by atoms with Gasteiger partial charge in [-0.15, -0.1) is 0 Å². The van der Waals surface area contributed by atoms with Gasteiger partial charge in [-0.3, -0.25) is 4.79 Å². The third-order valence-electron chi connectivity index (χ3n) is 3.96. The van der Waals surface area contributed by atoms with Crippen LogP contribution in [0, 0.1) is 0 Å². The molecule has 0 saturated carbocycles. The number of Topliss-reactive ketones (excluding diaryl/α,β-unsaturated/α-hetero) is 1. The summed E-state index contributed by atoms with van der Waals surface area (Å²) in [7, 11) is 0. The maximum atomic E-state index is 12.4. The third kappa shape index (κ3) is 2.96. The Hall–Kier alpha value is -2.76. The smallest absolute Gasteiger partial charge is 0.337 e. The molecule has 0 unspecified atom stereocenters. The van der Waals surface area contributed by atoms with Crippen LogP contribution in [0.25, 0.3) is 17.4 Å². The molecular weight excluding hydrogens is 372 g/mol. The zero-order valence-electron chi connectivity index (χ0n) is 13.2. The van der Waals surface area contributed by atoms with Crippen molar-refractivity contribution in [1.29, 1.82) is 0 Å². The second-order valence-electron chi connectivity index (χ2n) is 5.64. The van der Waals surface area contributed by atoms with Gasteiger partial charge in [0.1, 0.15) is 11.5 Å². The number of carbonyl (C=O) groups excluding carboxylic acids is 1. The number of thioether (sulfide) groups is 1. The van der Waals surface area contributed by atoms with Crippen molar-refractivity contribution in [2.75, 3.05) is 0 Å². The fourth-order valence-corrected chi connectivity index (χ4v) is 3.99. The number of carboxylic acids is 1. The number of aromatic carboxylic acids is 1. The Labute approximate surface area is 158 Å². The average molecular weight is 383 g/mol. The molecule has 0 fully saturated rings. The number of furan rings is 1. The van der Waals surface area contributed by atoms with E-state index in [9.17, 15) is 9.59 Å². The summed E-state index contributed by atoms with van der Waals surface area (Å²) >= 11 is 7.42. The SMILES string of the molecule is O=C(O)c1ccc(-c2ccc(C=C3Sc4ccccc4C3=O)o2)cc1Cl. The molecule has 0 bridgehead atoms. The number of fused-ring (bicyclic) bond motifs is 1. The van der Waals surface area contributed by atoms with E-state index in [0.29, 0.717) is 27.6 Å². The number of hydrogen-bond donors (Lipinski definition) is 1. The summed E-state index contributed by atoms with van der Waals surface area (Å²) in [5, 5.41) is 9.18. The molecule has 0 atom stereocenters. The van der Waals surface area contributed by atoms with Crippen LogP contribution in [0.2, 0.25) is 5.02 Å². The summed E-state index contributed by atoms with van der Waals surface area (Å²) < 4.78 is 5.79. The van der Waals surface area contributed by atoms with Gasteiger partial charge in [0.2, 0.25) is 5.78 Å². The zero-order valence-corrected chi connectivity index (χ0v) is 14.8. The van der Waals surface area contributed by atoms with Crippen LogP contribution < -0.4 is 0 Å². The molecule has 3 aromatic rings. The Morgan fingerprint density at radius 2 is 1.92 bits per heavy atom. The van der Waals surface area contributed by atoms with Crippen LogP contribution in [0.5, 0.6) is 0 Å². The van der Waals surface area contributed by atoms with Crippen LogP contribution in [-0.4, -0.2) is 16.9 Å². The van der Waals surface area contributed by atoms with Gasteiger partial charge < -0.3 is 9.52 Å². The maximum absolute atomic E-state index is 12.4. The number of carboxylic acid groups (broad SMARTS) is 1. The molecule has 4 rings (SSSR count). The minimum absolute atomic E-state index is 0.0163. The van der Waals surface area contributed by atoms with Gasteiger partial charge in [-0.05, 0) is 42.5 Å². The third-order valence-corrected chi connectivity index (χ3v) is 5.37. The molecule has 0 saturated heterocycles. The molecule has 1 aromatic heterocycles. The van der Waals surface area contributed by atoms with Crippen molar-refractivity contribution in [3.63, 3.8) is 0 Å². The van der Waals surface area contributed by atoms with Crippen molar-refractivity contribution < 1.29 is 19.1 Å². The second-order valence-corrected chi connectivity index (χ2v) is 7.13. The molecule has 26 heavy (non-hydrogen) atoms. The van der Waals surface area contributed by atoms with Crippen molar-refractivity contribution >= 4 is 41.2 Å². The highest BCUT2D eigenvalue weighted by molar-refractivity contribution is 8.04. The summed E-state index contributed by atoms with van der Waals surface area (Å²) in [6.07, 6.45) is 1.71. The first-order chi connectivity index (χ1) is 12.5. The van der Waals surface area contributed by atoms with Crippen molar-refractivity contribution in [3.8, 4) is 11.3 Å². The Morgan fingerprint density at radius 1 is 1.12 bits per heavy atom. The number of ketones is 1. The lowest BCUT2D eigenvalue weighted by Crippen LogP contribution is -1.96. The first-order valence-corrected chi connectivity index (χ1v) is 8.89. The summed E-state index contributed by atoms with van der Waals surface area (Å²) in [6, 6.07) is 15.6. The molecule has 0 radical (unpaired) electrons. The summed E-state index contributed by atoms with van der Waals surface area (Å²) in [6.45, 7) is 0. The Morgan fingerprint density at radius 3 is 2.65 bits per heavy atom. The lowest BCUT2D eigenvalue weighted by atomic mass is 10.1. The van der Waals surface area contributed by atoms with E-state index in [0.717, 1.165) is 4.90 Å². The van der Waals surface area contributed by atoms with Gasteiger partial charge >= 0.3 is 5.97 Å². The first-order valence-electron chi connectivity index (χ1n) is 7.69. The lowest BCUT2D eigenvalue weighted by molar-refractivity contribution is 0.0697. The second kappa shape index (κ2) is 6.52. The summed E-state index contributed by atoms with van der Waals surface area (Å²) in [5.74, 6) is -0.00843. The number of rotatable bonds is 3. The molecule has 1 N–H and O–H groups in total. The summed E-state index contributed by atoms with van der Waals surface area (Å²) in [5.41, 5.74) is 1.40. The van der Waals surface area contributed by atoms with Crippen LogP contribution in [-0.2, 0) is 0 Å². The van der Waals surface area contributed by atoms with E-state index in [4.69, 9.17) is 21.1 Å². The number of halogens is 1. The lowest BCUT2D eigenvalue weighted by Gasteiger charge is -2.01. The minimum Gasteiger partial charge on any atom is -0.478 e. The topological polar surface area (TPSA) is 67.5 Å². The van der Waals surface area contributed by atoms with E-state index in [-0.39, 0.29) is 16.4 Å². The standard InChI is InChI=1S/C20H11ClO4S/c21-15-9-11(5-7-13(15)20(23)24)16-8-6-12(25-16)10-18-19(22)14-3-1-2-4-17(14)26-18/h1-10H,(H,23,24). The zero-order chi connectivity index (χ0) is 18.3. The molecule has 1 aliphatic rings. The van der Waals surface area contributed by atoms with Gasteiger partial charge in [-0.25, -0.2) is 4.79 Å². The fraction of sp³-hybridized carbons (Fsp3) is 0. The maximum Gasteiger partial charge on any atom is 0.337 e. The van der Waals surface area contributed by atoms with E-state index < -0.39 is 5.97 Å². The van der Waals surface area contributed by atoms with E-state index >= 15 is 0 Å². The van der Waals surface area contributed by atoms with Crippen LogP contribution in [0.15, 0.2) is 68.8 Å². The van der Waals surface area contributed by atoms with Gasteiger partial charge in [0.15, 0.2) is 0 Å². The molecule has 1 aliphatic heterocycles. The molecule has 2 aromatic carbocycles. The van der Waals surface area contributed by atoms with E-state index in [1.165, 1.54) is 17.8 Å². The predicted octanol–water partition coefficient (Wildman–Crippen LogP) is 5.63. The van der Waals surface area contributed by atoms with E-state index in [2.05, 4.69) is 0 Å². The molecule has 0 spiro atoms. The monoisotopic (exact) mass is 382 g/mol. The van der Waals surface area contributed by atoms with Gasteiger partial charge in [0.25, 0.3) is 0 Å².